The van der Waals surface area contributed by atoms with Gasteiger partial charge in [-0.25, -0.2) is 4.39 Å². The SMILES string of the molecule is O=[N+]([O-])c1ccc(Oc2ccc(CBr)cc2F)cc1Cl. The minimum absolute atomic E-state index is 0.0274. The van der Waals surface area contributed by atoms with Crippen molar-refractivity contribution in [3.63, 3.8) is 0 Å². The van der Waals surface area contributed by atoms with Gasteiger partial charge >= 0.3 is 0 Å². The van der Waals surface area contributed by atoms with Crippen LogP contribution in [0.25, 0.3) is 0 Å². The van der Waals surface area contributed by atoms with Crippen molar-refractivity contribution in [1.82, 2.24) is 0 Å². The maximum absolute atomic E-state index is 13.7. The summed E-state index contributed by atoms with van der Waals surface area (Å²) in [5.41, 5.74) is 0.547. The number of hydrogen-bond donors (Lipinski definition) is 0. The molecule has 0 aliphatic carbocycles. The summed E-state index contributed by atoms with van der Waals surface area (Å²) < 4.78 is 19.1. The standard InChI is InChI=1S/C13H8BrClFNO3/c14-7-8-1-4-13(11(16)5-8)20-9-2-3-12(17(18)19)10(15)6-9/h1-6H,7H2. The predicted octanol–water partition coefficient (Wildman–Crippen LogP) is 5.07. The molecule has 0 spiro atoms. The van der Waals surface area contributed by atoms with E-state index in [0.717, 1.165) is 5.56 Å². The monoisotopic (exact) mass is 359 g/mol. The molecule has 0 aromatic heterocycles. The number of benzene rings is 2. The van der Waals surface area contributed by atoms with E-state index in [1.807, 2.05) is 0 Å². The normalized spacial score (nSPS) is 10.3. The second-order valence-corrected chi connectivity index (χ2v) is 4.84. The van der Waals surface area contributed by atoms with Crippen LogP contribution in [0, 0.1) is 15.9 Å². The van der Waals surface area contributed by atoms with E-state index in [9.17, 15) is 14.5 Å². The third-order valence-corrected chi connectivity index (χ3v) is 3.44. The lowest BCUT2D eigenvalue weighted by Gasteiger charge is -2.08. The van der Waals surface area contributed by atoms with Crippen molar-refractivity contribution in [1.29, 1.82) is 0 Å². The summed E-state index contributed by atoms with van der Waals surface area (Å²) in [5, 5.41) is 11.1. The van der Waals surface area contributed by atoms with Crippen molar-refractivity contribution in [2.24, 2.45) is 0 Å². The summed E-state index contributed by atoms with van der Waals surface area (Å²) in [6, 6.07) is 8.39. The molecule has 2 aromatic rings. The van der Waals surface area contributed by atoms with Gasteiger partial charge in [-0.2, -0.15) is 0 Å². The lowest BCUT2D eigenvalue weighted by atomic mass is 10.2. The third kappa shape index (κ3) is 3.26. The maximum atomic E-state index is 13.7. The third-order valence-electron chi connectivity index (χ3n) is 2.49. The van der Waals surface area contributed by atoms with Gasteiger partial charge in [-0.15, -0.1) is 0 Å². The van der Waals surface area contributed by atoms with Crippen molar-refractivity contribution < 1.29 is 14.1 Å². The highest BCUT2D eigenvalue weighted by atomic mass is 79.9. The van der Waals surface area contributed by atoms with E-state index in [-0.39, 0.29) is 22.2 Å². The summed E-state index contributed by atoms with van der Waals surface area (Å²) >= 11 is 8.98. The first-order valence-corrected chi connectivity index (χ1v) is 6.97. The van der Waals surface area contributed by atoms with Crippen molar-refractivity contribution in [3.8, 4) is 11.5 Å². The van der Waals surface area contributed by atoms with E-state index in [4.69, 9.17) is 16.3 Å². The molecular formula is C13H8BrClFNO3. The van der Waals surface area contributed by atoms with Gasteiger partial charge in [0.2, 0.25) is 0 Å². The van der Waals surface area contributed by atoms with Crippen LogP contribution in [-0.4, -0.2) is 4.92 Å². The van der Waals surface area contributed by atoms with E-state index in [1.54, 1.807) is 6.07 Å². The second kappa shape index (κ2) is 6.19. The van der Waals surface area contributed by atoms with Crippen LogP contribution in [0.15, 0.2) is 36.4 Å². The molecule has 104 valence electrons. The van der Waals surface area contributed by atoms with Crippen LogP contribution in [-0.2, 0) is 5.33 Å². The topological polar surface area (TPSA) is 52.4 Å². The Bertz CT molecular complexity index is 666. The molecule has 0 saturated heterocycles. The molecule has 0 heterocycles. The van der Waals surface area contributed by atoms with Gasteiger partial charge in [0, 0.05) is 17.5 Å². The number of ether oxygens (including phenoxy) is 1. The van der Waals surface area contributed by atoms with Gasteiger partial charge in [-0.3, -0.25) is 10.1 Å². The Balaban J connectivity index is 2.26. The number of nitrogens with zero attached hydrogens (tertiary/aromatic N) is 1. The van der Waals surface area contributed by atoms with E-state index < -0.39 is 10.7 Å². The summed E-state index contributed by atoms with van der Waals surface area (Å²) in [7, 11) is 0. The number of nitro groups is 1. The van der Waals surface area contributed by atoms with Crippen molar-refractivity contribution >= 4 is 33.2 Å². The van der Waals surface area contributed by atoms with Gasteiger partial charge in [0.25, 0.3) is 5.69 Å². The molecule has 20 heavy (non-hydrogen) atoms. The summed E-state index contributed by atoms with van der Waals surface area (Å²) in [6.07, 6.45) is 0. The number of hydrogen-bond acceptors (Lipinski definition) is 3. The highest BCUT2D eigenvalue weighted by molar-refractivity contribution is 9.08. The average molecular weight is 361 g/mol. The van der Waals surface area contributed by atoms with Gasteiger partial charge in [0.05, 0.1) is 4.92 Å². The molecule has 0 N–H and O–H groups in total. The quantitative estimate of drug-likeness (QED) is 0.434. The molecule has 0 aliphatic rings. The molecule has 0 amide bonds. The molecule has 0 fully saturated rings. The summed E-state index contributed by atoms with van der Waals surface area (Å²) in [4.78, 5) is 10.0. The average Bonchev–Trinajstić information content (AvgIpc) is 2.40. The van der Waals surface area contributed by atoms with Gasteiger partial charge in [-0.05, 0) is 23.8 Å². The van der Waals surface area contributed by atoms with Crippen LogP contribution in [0.5, 0.6) is 11.5 Å². The molecule has 0 saturated carbocycles. The fraction of sp³-hybridized carbons (Fsp3) is 0.0769. The van der Waals surface area contributed by atoms with Crippen molar-refractivity contribution in [2.45, 2.75) is 5.33 Å². The lowest BCUT2D eigenvalue weighted by molar-refractivity contribution is -0.384. The molecule has 0 atom stereocenters. The van der Waals surface area contributed by atoms with Crippen LogP contribution in [0.1, 0.15) is 5.56 Å². The number of rotatable bonds is 4. The Kier molecular flexibility index (Phi) is 4.57. The van der Waals surface area contributed by atoms with E-state index >= 15 is 0 Å². The van der Waals surface area contributed by atoms with E-state index in [0.29, 0.717) is 5.33 Å². The fourth-order valence-corrected chi connectivity index (χ4v) is 2.12. The molecule has 2 aromatic carbocycles. The molecule has 2 rings (SSSR count). The number of halogens is 3. The molecule has 0 aliphatic heterocycles. The molecule has 0 bridgehead atoms. The van der Waals surface area contributed by atoms with Gasteiger partial charge in [-0.1, -0.05) is 33.6 Å². The highest BCUT2D eigenvalue weighted by Crippen LogP contribution is 2.32. The molecular weight excluding hydrogens is 353 g/mol. The minimum atomic E-state index is -0.600. The van der Waals surface area contributed by atoms with Crippen LogP contribution < -0.4 is 4.74 Å². The Morgan fingerprint density at radius 1 is 1.30 bits per heavy atom. The Labute approximate surface area is 127 Å². The lowest BCUT2D eigenvalue weighted by Crippen LogP contribution is -1.92. The Morgan fingerprint density at radius 2 is 2.05 bits per heavy atom. The van der Waals surface area contributed by atoms with Crippen LogP contribution in [0.3, 0.4) is 0 Å². The maximum Gasteiger partial charge on any atom is 0.288 e. The summed E-state index contributed by atoms with van der Waals surface area (Å²) in [6.45, 7) is 0. The van der Waals surface area contributed by atoms with E-state index in [2.05, 4.69) is 15.9 Å². The predicted molar refractivity (Wildman–Crippen MR) is 77.2 cm³/mol. The Hall–Kier alpha value is -1.66. The number of nitro benzene ring substituents is 1. The first-order valence-electron chi connectivity index (χ1n) is 5.47. The van der Waals surface area contributed by atoms with Crippen LogP contribution in [0.4, 0.5) is 10.1 Å². The summed E-state index contributed by atoms with van der Waals surface area (Å²) in [5.74, 6) is -0.262. The second-order valence-electron chi connectivity index (χ2n) is 3.87. The zero-order valence-electron chi connectivity index (χ0n) is 9.98. The van der Waals surface area contributed by atoms with Gasteiger partial charge < -0.3 is 4.74 Å². The van der Waals surface area contributed by atoms with Gasteiger partial charge in [0.15, 0.2) is 11.6 Å². The molecule has 0 unspecified atom stereocenters. The number of alkyl halides is 1. The highest BCUT2D eigenvalue weighted by Gasteiger charge is 2.14. The Morgan fingerprint density at radius 3 is 2.60 bits per heavy atom. The van der Waals surface area contributed by atoms with Crippen molar-refractivity contribution in [2.75, 3.05) is 0 Å². The van der Waals surface area contributed by atoms with Gasteiger partial charge in [0.1, 0.15) is 10.8 Å². The first kappa shape index (κ1) is 14.7. The smallest absolute Gasteiger partial charge is 0.288 e. The van der Waals surface area contributed by atoms with Crippen molar-refractivity contribution in [3.05, 3.63) is 62.9 Å². The molecule has 4 nitrogen and oxygen atoms in total. The fourth-order valence-electron chi connectivity index (χ4n) is 1.54. The molecule has 7 heteroatoms. The largest absolute Gasteiger partial charge is 0.454 e. The zero-order chi connectivity index (χ0) is 14.7. The van der Waals surface area contributed by atoms with Crippen LogP contribution in [0.2, 0.25) is 5.02 Å². The van der Waals surface area contributed by atoms with Crippen LogP contribution >= 0.6 is 27.5 Å². The first-order chi connectivity index (χ1) is 9.51. The van der Waals surface area contributed by atoms with E-state index in [1.165, 1.54) is 30.3 Å². The zero-order valence-corrected chi connectivity index (χ0v) is 12.3. The molecule has 0 radical (unpaired) electrons. The minimum Gasteiger partial charge on any atom is -0.454 e.